The summed E-state index contributed by atoms with van der Waals surface area (Å²) in [4.78, 5) is 10.9. The highest BCUT2D eigenvalue weighted by Crippen LogP contribution is 2.55. The number of fused-ring (bicyclic) bond motifs is 1. The first kappa shape index (κ1) is 9.59. The zero-order valence-corrected chi connectivity index (χ0v) is 9.07. The van der Waals surface area contributed by atoms with Gasteiger partial charge in [0.15, 0.2) is 0 Å². The van der Waals surface area contributed by atoms with Gasteiger partial charge in [-0.3, -0.25) is 8.98 Å². The fraction of sp³-hybridized carbons (Fsp3) is 0.889. The summed E-state index contributed by atoms with van der Waals surface area (Å²) in [5.74, 6) is -0.146. The van der Waals surface area contributed by atoms with Crippen molar-refractivity contribution in [2.24, 2.45) is 11.8 Å². The van der Waals surface area contributed by atoms with Gasteiger partial charge in [-0.25, -0.2) is 0 Å². The van der Waals surface area contributed by atoms with Gasteiger partial charge in [0.05, 0.1) is 5.25 Å². The van der Waals surface area contributed by atoms with Gasteiger partial charge in [-0.2, -0.15) is 8.42 Å². The van der Waals surface area contributed by atoms with E-state index in [1.807, 2.05) is 0 Å². The zero-order chi connectivity index (χ0) is 10.8. The molecule has 0 aromatic heterocycles. The quantitative estimate of drug-likeness (QED) is 0.472. The summed E-state index contributed by atoms with van der Waals surface area (Å²) < 4.78 is 33.3. The molecule has 0 radical (unpaired) electrons. The molecule has 0 spiro atoms. The predicted molar refractivity (Wildman–Crippen MR) is 49.3 cm³/mol. The van der Waals surface area contributed by atoms with Gasteiger partial charge in [0.1, 0.15) is 12.2 Å². The molecule has 2 bridgehead atoms. The standard InChI is InChI=1S/C9H12O5S/c1-4(10)13-8-5-2-6-7(3-5)15(11,12)14-9(6)8/h5-9H,2-3H2,1H3. The first-order chi connectivity index (χ1) is 6.99. The largest absolute Gasteiger partial charge is 0.459 e. The van der Waals surface area contributed by atoms with Crippen LogP contribution in [-0.4, -0.2) is 31.8 Å². The monoisotopic (exact) mass is 232 g/mol. The Kier molecular flexibility index (Phi) is 1.75. The number of ether oxygens (including phenoxy) is 1. The second-order valence-corrected chi connectivity index (χ2v) is 6.35. The Labute approximate surface area is 87.9 Å². The molecule has 2 aliphatic carbocycles. The summed E-state index contributed by atoms with van der Waals surface area (Å²) in [5.41, 5.74) is 0. The maximum Gasteiger partial charge on any atom is 0.303 e. The minimum Gasteiger partial charge on any atom is -0.459 e. The molecule has 0 aromatic rings. The van der Waals surface area contributed by atoms with Crippen LogP contribution in [0.4, 0.5) is 0 Å². The first-order valence-electron chi connectivity index (χ1n) is 5.08. The fourth-order valence-corrected chi connectivity index (χ4v) is 5.12. The predicted octanol–water partition coefficient (Wildman–Crippen LogP) is 0.0551. The number of rotatable bonds is 1. The molecule has 6 heteroatoms. The van der Waals surface area contributed by atoms with Crippen molar-refractivity contribution >= 4 is 16.1 Å². The van der Waals surface area contributed by atoms with Crippen LogP contribution in [0.1, 0.15) is 19.8 Å². The fourth-order valence-electron chi connectivity index (χ4n) is 3.24. The molecule has 0 N–H and O–H groups in total. The molecular weight excluding hydrogens is 220 g/mol. The topological polar surface area (TPSA) is 69.7 Å². The molecule has 5 unspecified atom stereocenters. The van der Waals surface area contributed by atoms with E-state index in [4.69, 9.17) is 8.92 Å². The lowest BCUT2D eigenvalue weighted by molar-refractivity contribution is -0.153. The number of hydrogen-bond donors (Lipinski definition) is 0. The molecule has 1 aliphatic heterocycles. The van der Waals surface area contributed by atoms with Crippen molar-refractivity contribution < 1.29 is 22.1 Å². The highest BCUT2D eigenvalue weighted by Gasteiger charge is 2.65. The van der Waals surface area contributed by atoms with Crippen LogP contribution in [-0.2, 0) is 23.8 Å². The Hall–Kier alpha value is -0.620. The van der Waals surface area contributed by atoms with Crippen LogP contribution in [0.25, 0.3) is 0 Å². The van der Waals surface area contributed by atoms with Gasteiger partial charge in [0.25, 0.3) is 10.1 Å². The number of carbonyl (C=O) groups is 1. The van der Waals surface area contributed by atoms with E-state index in [-0.39, 0.29) is 29.2 Å². The Morgan fingerprint density at radius 1 is 1.40 bits per heavy atom. The van der Waals surface area contributed by atoms with Gasteiger partial charge < -0.3 is 4.74 Å². The number of carbonyl (C=O) groups excluding carboxylic acids is 1. The van der Waals surface area contributed by atoms with Gasteiger partial charge in [-0.15, -0.1) is 0 Å². The zero-order valence-electron chi connectivity index (χ0n) is 8.25. The van der Waals surface area contributed by atoms with Crippen LogP contribution < -0.4 is 0 Å². The molecule has 3 fully saturated rings. The van der Waals surface area contributed by atoms with Crippen molar-refractivity contribution in [3.63, 3.8) is 0 Å². The molecule has 1 heterocycles. The minimum absolute atomic E-state index is 0.0457. The van der Waals surface area contributed by atoms with Crippen molar-refractivity contribution in [3.05, 3.63) is 0 Å². The van der Waals surface area contributed by atoms with Crippen LogP contribution in [0.15, 0.2) is 0 Å². The van der Waals surface area contributed by atoms with E-state index >= 15 is 0 Å². The van der Waals surface area contributed by atoms with Crippen molar-refractivity contribution in [2.45, 2.75) is 37.2 Å². The van der Waals surface area contributed by atoms with Gasteiger partial charge in [-0.1, -0.05) is 0 Å². The van der Waals surface area contributed by atoms with Crippen molar-refractivity contribution in [1.82, 2.24) is 0 Å². The molecule has 0 aromatic carbocycles. The second kappa shape index (κ2) is 2.74. The smallest absolute Gasteiger partial charge is 0.303 e. The maximum absolute atomic E-state index is 11.5. The summed E-state index contributed by atoms with van der Waals surface area (Å²) in [6, 6.07) is 0. The summed E-state index contributed by atoms with van der Waals surface area (Å²) in [7, 11) is -3.39. The van der Waals surface area contributed by atoms with Gasteiger partial charge in [-0.05, 0) is 12.8 Å². The first-order valence-corrected chi connectivity index (χ1v) is 6.55. The van der Waals surface area contributed by atoms with Crippen molar-refractivity contribution in [2.75, 3.05) is 0 Å². The Morgan fingerprint density at radius 2 is 2.13 bits per heavy atom. The van der Waals surface area contributed by atoms with E-state index in [2.05, 4.69) is 0 Å². The molecule has 3 aliphatic rings. The summed E-state index contributed by atoms with van der Waals surface area (Å²) in [6.45, 7) is 1.34. The minimum atomic E-state index is -3.39. The molecule has 3 rings (SSSR count). The van der Waals surface area contributed by atoms with E-state index in [9.17, 15) is 13.2 Å². The number of esters is 1. The van der Waals surface area contributed by atoms with E-state index in [0.717, 1.165) is 6.42 Å². The highest BCUT2D eigenvalue weighted by molar-refractivity contribution is 7.87. The number of hydrogen-bond acceptors (Lipinski definition) is 5. The maximum atomic E-state index is 11.5. The molecule has 1 saturated heterocycles. The van der Waals surface area contributed by atoms with Crippen molar-refractivity contribution in [3.8, 4) is 0 Å². The van der Waals surface area contributed by atoms with E-state index < -0.39 is 16.2 Å². The van der Waals surface area contributed by atoms with Crippen LogP contribution in [0, 0.1) is 11.8 Å². The Bertz CT molecular complexity index is 414. The Morgan fingerprint density at radius 3 is 2.80 bits per heavy atom. The second-order valence-electron chi connectivity index (χ2n) is 4.56. The van der Waals surface area contributed by atoms with Gasteiger partial charge in [0.2, 0.25) is 0 Å². The average molecular weight is 232 g/mol. The molecule has 0 amide bonds. The third-order valence-electron chi connectivity index (χ3n) is 3.72. The molecule has 5 atom stereocenters. The highest BCUT2D eigenvalue weighted by atomic mass is 32.2. The average Bonchev–Trinajstić information content (AvgIpc) is 2.67. The normalized spacial score (nSPS) is 49.5. The summed E-state index contributed by atoms with van der Waals surface area (Å²) in [6.07, 6.45) is 0.636. The molecule has 2 saturated carbocycles. The lowest BCUT2D eigenvalue weighted by Crippen LogP contribution is -2.36. The summed E-state index contributed by atoms with van der Waals surface area (Å²) in [5, 5.41) is -0.348. The lowest BCUT2D eigenvalue weighted by atomic mass is 9.94. The van der Waals surface area contributed by atoms with E-state index in [1.54, 1.807) is 0 Å². The third kappa shape index (κ3) is 1.18. The van der Waals surface area contributed by atoms with Crippen LogP contribution in [0.5, 0.6) is 0 Å². The Balaban J connectivity index is 1.91. The molecule has 5 nitrogen and oxygen atoms in total. The van der Waals surface area contributed by atoms with Crippen molar-refractivity contribution in [1.29, 1.82) is 0 Å². The van der Waals surface area contributed by atoms with Gasteiger partial charge >= 0.3 is 5.97 Å². The molecular formula is C9H12O5S. The van der Waals surface area contributed by atoms with E-state index in [1.165, 1.54) is 6.92 Å². The van der Waals surface area contributed by atoms with Crippen LogP contribution in [0.3, 0.4) is 0 Å². The van der Waals surface area contributed by atoms with Crippen LogP contribution in [0.2, 0.25) is 0 Å². The lowest BCUT2D eigenvalue weighted by Gasteiger charge is -2.24. The molecule has 15 heavy (non-hydrogen) atoms. The third-order valence-corrected chi connectivity index (χ3v) is 5.49. The summed E-state index contributed by atoms with van der Waals surface area (Å²) >= 11 is 0. The van der Waals surface area contributed by atoms with Gasteiger partial charge in [0, 0.05) is 18.8 Å². The van der Waals surface area contributed by atoms with E-state index in [0.29, 0.717) is 6.42 Å². The van der Waals surface area contributed by atoms with Crippen LogP contribution >= 0.6 is 0 Å². The molecule has 84 valence electrons. The SMILES string of the molecule is CC(=O)OC1C2CC3C1OS(=O)(=O)C3C2.